The fourth-order valence-electron chi connectivity index (χ4n) is 1.30. The smallest absolute Gasteiger partial charge is 0.253 e. The number of aliphatic hydroxyl groups excluding tert-OH is 1. The number of hydrogen-bond donors (Lipinski definition) is 3. The fourth-order valence-corrected chi connectivity index (χ4v) is 1.30. The summed E-state index contributed by atoms with van der Waals surface area (Å²) >= 11 is 0. The van der Waals surface area contributed by atoms with Crippen molar-refractivity contribution in [2.24, 2.45) is 0 Å². The third-order valence-corrected chi connectivity index (χ3v) is 2.39. The molecule has 0 saturated carbocycles. The Morgan fingerprint density at radius 3 is 2.59 bits per heavy atom. The van der Waals surface area contributed by atoms with Gasteiger partial charge in [-0.3, -0.25) is 4.79 Å². The summed E-state index contributed by atoms with van der Waals surface area (Å²) in [6, 6.07) is 1.06. The summed E-state index contributed by atoms with van der Waals surface area (Å²) in [6.07, 6.45) is 0.520. The molecule has 17 heavy (non-hydrogen) atoms. The lowest BCUT2D eigenvalue weighted by molar-refractivity contribution is 0.0915. The maximum absolute atomic E-state index is 13.0. The van der Waals surface area contributed by atoms with Crippen LogP contribution in [-0.4, -0.2) is 23.7 Å². The van der Waals surface area contributed by atoms with Crippen LogP contribution in [0.4, 0.5) is 14.5 Å². The van der Waals surface area contributed by atoms with Gasteiger partial charge in [0.2, 0.25) is 0 Å². The predicted octanol–water partition coefficient (Wildman–Crippen LogP) is 1.05. The summed E-state index contributed by atoms with van der Waals surface area (Å²) < 4.78 is 25.8. The number of carbonyl (C=O) groups is 1. The van der Waals surface area contributed by atoms with Crippen LogP contribution < -0.4 is 11.1 Å². The molecule has 1 amide bonds. The monoisotopic (exact) mass is 244 g/mol. The van der Waals surface area contributed by atoms with Crippen molar-refractivity contribution in [2.75, 3.05) is 12.3 Å². The highest BCUT2D eigenvalue weighted by atomic mass is 19.2. The minimum absolute atomic E-state index is 0.143. The van der Waals surface area contributed by atoms with Crippen molar-refractivity contribution in [3.8, 4) is 0 Å². The average molecular weight is 244 g/mol. The molecule has 1 unspecified atom stereocenters. The highest BCUT2D eigenvalue weighted by Gasteiger charge is 2.16. The van der Waals surface area contributed by atoms with Crippen LogP contribution in [0.1, 0.15) is 23.7 Å². The molecule has 0 saturated heterocycles. The van der Waals surface area contributed by atoms with Gasteiger partial charge in [0, 0.05) is 11.8 Å². The number of rotatable bonds is 4. The molecule has 0 aliphatic heterocycles. The quantitative estimate of drug-likeness (QED) is 0.693. The van der Waals surface area contributed by atoms with E-state index in [0.29, 0.717) is 6.42 Å². The summed E-state index contributed by atoms with van der Waals surface area (Å²) in [5.74, 6) is -2.88. The third kappa shape index (κ3) is 3.13. The Balaban J connectivity index is 2.93. The number of halogens is 2. The van der Waals surface area contributed by atoms with Crippen molar-refractivity contribution < 1.29 is 18.7 Å². The molecule has 4 nitrogen and oxygen atoms in total. The van der Waals surface area contributed by atoms with Crippen LogP contribution in [-0.2, 0) is 0 Å². The zero-order valence-electron chi connectivity index (χ0n) is 9.34. The highest BCUT2D eigenvalue weighted by molar-refractivity contribution is 5.99. The van der Waals surface area contributed by atoms with Gasteiger partial charge in [-0.25, -0.2) is 8.78 Å². The van der Waals surface area contributed by atoms with Gasteiger partial charge in [-0.15, -0.1) is 0 Å². The molecule has 4 N–H and O–H groups in total. The second-order valence-electron chi connectivity index (χ2n) is 3.61. The van der Waals surface area contributed by atoms with Crippen molar-refractivity contribution in [2.45, 2.75) is 19.4 Å². The van der Waals surface area contributed by atoms with Gasteiger partial charge >= 0.3 is 0 Å². The zero-order valence-corrected chi connectivity index (χ0v) is 9.34. The molecular weight excluding hydrogens is 230 g/mol. The van der Waals surface area contributed by atoms with Crippen LogP contribution in [0.5, 0.6) is 0 Å². The minimum Gasteiger partial charge on any atom is -0.398 e. The second-order valence-corrected chi connectivity index (χ2v) is 3.61. The van der Waals surface area contributed by atoms with E-state index in [4.69, 9.17) is 10.8 Å². The van der Waals surface area contributed by atoms with E-state index in [1.807, 2.05) is 0 Å². The van der Waals surface area contributed by atoms with Crippen molar-refractivity contribution >= 4 is 11.6 Å². The van der Waals surface area contributed by atoms with Crippen LogP contribution in [0.25, 0.3) is 0 Å². The van der Waals surface area contributed by atoms with E-state index in [1.54, 1.807) is 6.92 Å². The number of nitrogens with two attached hydrogens (primary N) is 1. The molecule has 1 aromatic rings. The van der Waals surface area contributed by atoms with Gasteiger partial charge in [0.1, 0.15) is 0 Å². The molecule has 1 atom stereocenters. The van der Waals surface area contributed by atoms with Crippen LogP contribution in [0.3, 0.4) is 0 Å². The van der Waals surface area contributed by atoms with Gasteiger partial charge < -0.3 is 16.2 Å². The molecule has 94 valence electrons. The lowest BCUT2D eigenvalue weighted by Crippen LogP contribution is -2.37. The number of nitrogen functional groups attached to an aromatic ring is 1. The molecule has 0 spiro atoms. The average Bonchev–Trinajstić information content (AvgIpc) is 2.30. The number of benzene rings is 1. The Morgan fingerprint density at radius 1 is 1.47 bits per heavy atom. The summed E-state index contributed by atoms with van der Waals surface area (Å²) in [4.78, 5) is 11.7. The second kappa shape index (κ2) is 5.58. The first-order valence-electron chi connectivity index (χ1n) is 5.15. The molecule has 1 rings (SSSR count). The fraction of sp³-hybridized carbons (Fsp3) is 0.364. The number of amides is 1. The van der Waals surface area contributed by atoms with Gasteiger partial charge in [0.25, 0.3) is 5.91 Å². The molecule has 0 heterocycles. The topological polar surface area (TPSA) is 75.3 Å². The van der Waals surface area contributed by atoms with Crippen LogP contribution in [0, 0.1) is 11.6 Å². The van der Waals surface area contributed by atoms with Crippen LogP contribution >= 0.6 is 0 Å². The molecular formula is C11H14F2N2O2. The Bertz CT molecular complexity index is 420. The first-order valence-corrected chi connectivity index (χ1v) is 5.15. The van der Waals surface area contributed by atoms with Crippen molar-refractivity contribution in [1.82, 2.24) is 5.32 Å². The lowest BCUT2D eigenvalue weighted by Gasteiger charge is -2.15. The molecule has 1 aromatic carbocycles. The van der Waals surface area contributed by atoms with Gasteiger partial charge in [-0.05, 0) is 12.5 Å². The van der Waals surface area contributed by atoms with Crippen molar-refractivity contribution in [3.05, 3.63) is 29.3 Å². The zero-order chi connectivity index (χ0) is 13.0. The summed E-state index contributed by atoms with van der Waals surface area (Å²) in [7, 11) is 0. The van der Waals surface area contributed by atoms with Gasteiger partial charge in [0.15, 0.2) is 11.6 Å². The van der Waals surface area contributed by atoms with E-state index in [2.05, 4.69) is 5.32 Å². The number of carbonyl (C=O) groups excluding carboxylic acids is 1. The summed E-state index contributed by atoms with van der Waals surface area (Å²) in [6.45, 7) is 1.54. The SMILES string of the molecule is CCC(CO)NC(=O)c1cc(F)c(F)cc1N. The molecule has 6 heteroatoms. The molecule has 0 bridgehead atoms. The van der Waals surface area contributed by atoms with Crippen LogP contribution in [0.15, 0.2) is 12.1 Å². The summed E-state index contributed by atoms with van der Waals surface area (Å²) in [5.41, 5.74) is 5.13. The van der Waals surface area contributed by atoms with E-state index in [-0.39, 0.29) is 17.9 Å². The Labute approximate surface area is 97.4 Å². The lowest BCUT2D eigenvalue weighted by atomic mass is 10.1. The van der Waals surface area contributed by atoms with Crippen molar-refractivity contribution in [3.63, 3.8) is 0 Å². The Hall–Kier alpha value is -1.69. The maximum atomic E-state index is 13.0. The molecule has 0 aromatic heterocycles. The van der Waals surface area contributed by atoms with Gasteiger partial charge in [-0.2, -0.15) is 0 Å². The molecule has 0 radical (unpaired) electrons. The number of nitrogens with one attached hydrogen (secondary N) is 1. The largest absolute Gasteiger partial charge is 0.398 e. The summed E-state index contributed by atoms with van der Waals surface area (Å²) in [5, 5.41) is 11.4. The van der Waals surface area contributed by atoms with Crippen LogP contribution in [0.2, 0.25) is 0 Å². The van der Waals surface area contributed by atoms with E-state index in [1.165, 1.54) is 0 Å². The Morgan fingerprint density at radius 2 is 2.06 bits per heavy atom. The van der Waals surface area contributed by atoms with E-state index in [9.17, 15) is 13.6 Å². The van der Waals surface area contributed by atoms with Gasteiger partial charge in [0.05, 0.1) is 18.2 Å². The first-order chi connectivity index (χ1) is 7.99. The number of anilines is 1. The molecule has 0 aliphatic carbocycles. The minimum atomic E-state index is -1.14. The molecule has 0 fully saturated rings. The van der Waals surface area contributed by atoms with Crippen molar-refractivity contribution in [1.29, 1.82) is 0 Å². The standard InChI is InChI=1S/C11H14F2N2O2/c1-2-6(5-16)15-11(17)7-3-8(12)9(13)4-10(7)14/h3-4,6,16H,2,5,14H2,1H3,(H,15,17). The molecule has 0 aliphatic rings. The third-order valence-electron chi connectivity index (χ3n) is 2.39. The van der Waals surface area contributed by atoms with E-state index in [0.717, 1.165) is 12.1 Å². The van der Waals surface area contributed by atoms with E-state index >= 15 is 0 Å². The van der Waals surface area contributed by atoms with E-state index < -0.39 is 23.6 Å². The normalized spacial score (nSPS) is 12.2. The number of hydrogen-bond acceptors (Lipinski definition) is 3. The predicted molar refractivity (Wildman–Crippen MR) is 59.4 cm³/mol. The Kier molecular flexibility index (Phi) is 4.39. The first kappa shape index (κ1) is 13.4. The highest BCUT2D eigenvalue weighted by Crippen LogP contribution is 2.17. The van der Waals surface area contributed by atoms with Gasteiger partial charge in [-0.1, -0.05) is 6.92 Å². The number of aliphatic hydroxyl groups is 1. The maximum Gasteiger partial charge on any atom is 0.253 e.